The standard InChI is InChI=1S/C25H33NO/c1-24-12-11-20-17(19(24)9-10-23(24)27)8-7-15-13-22-18(14-25(15,20)2)16-5-3-4-6-21(16)26-22/h3-6,15,17,19-20,23,26-27H,7-14H2,1-2H3/t15-,17-,19-,20-,23-,24-,25-/m0/s1. The summed E-state index contributed by atoms with van der Waals surface area (Å²) in [7, 11) is 0. The van der Waals surface area contributed by atoms with E-state index in [0.29, 0.717) is 5.41 Å². The highest BCUT2D eigenvalue weighted by molar-refractivity contribution is 5.85. The number of benzene rings is 1. The lowest BCUT2D eigenvalue weighted by atomic mass is 9.45. The van der Waals surface area contributed by atoms with Crippen LogP contribution in [0.5, 0.6) is 0 Å². The maximum absolute atomic E-state index is 10.7. The monoisotopic (exact) mass is 363 g/mol. The molecule has 1 aromatic heterocycles. The number of hydrogen-bond donors (Lipinski definition) is 2. The molecular weight excluding hydrogens is 330 g/mol. The molecule has 0 saturated heterocycles. The molecule has 0 spiro atoms. The van der Waals surface area contributed by atoms with E-state index in [1.807, 2.05) is 0 Å². The first-order valence-electron chi connectivity index (χ1n) is 11.3. The van der Waals surface area contributed by atoms with Crippen LogP contribution in [0.3, 0.4) is 0 Å². The lowest BCUT2D eigenvalue weighted by molar-refractivity contribution is -0.111. The van der Waals surface area contributed by atoms with Gasteiger partial charge in [-0.25, -0.2) is 0 Å². The summed E-state index contributed by atoms with van der Waals surface area (Å²) in [6, 6.07) is 8.91. The zero-order valence-electron chi connectivity index (χ0n) is 16.8. The third-order valence-electron chi connectivity index (χ3n) is 9.93. The fourth-order valence-electron chi connectivity index (χ4n) is 8.38. The van der Waals surface area contributed by atoms with Crippen LogP contribution in [0.25, 0.3) is 10.9 Å². The molecule has 0 radical (unpaired) electrons. The molecule has 1 aromatic carbocycles. The molecular formula is C25H33NO. The first-order chi connectivity index (χ1) is 13.0. The Morgan fingerprint density at radius 3 is 2.67 bits per heavy atom. The molecule has 2 N–H and O–H groups in total. The number of aromatic nitrogens is 1. The molecule has 7 atom stereocenters. The molecule has 1 heterocycles. The van der Waals surface area contributed by atoms with Crippen molar-refractivity contribution in [3.8, 4) is 0 Å². The zero-order valence-corrected chi connectivity index (χ0v) is 16.8. The number of para-hydroxylation sites is 1. The highest BCUT2D eigenvalue weighted by Gasteiger charge is 2.60. The summed E-state index contributed by atoms with van der Waals surface area (Å²) in [5, 5.41) is 12.2. The molecule has 0 unspecified atom stereocenters. The molecule has 2 nitrogen and oxygen atoms in total. The van der Waals surface area contributed by atoms with Gasteiger partial charge in [0.2, 0.25) is 0 Å². The molecule has 4 aliphatic rings. The van der Waals surface area contributed by atoms with Crippen LogP contribution in [0.15, 0.2) is 24.3 Å². The third kappa shape index (κ3) is 2.06. The van der Waals surface area contributed by atoms with E-state index in [4.69, 9.17) is 0 Å². The Morgan fingerprint density at radius 2 is 1.78 bits per heavy atom. The van der Waals surface area contributed by atoms with Gasteiger partial charge in [-0.3, -0.25) is 0 Å². The Balaban J connectivity index is 1.40. The van der Waals surface area contributed by atoms with Crippen LogP contribution in [0.2, 0.25) is 0 Å². The second-order valence-electron chi connectivity index (χ2n) is 10.8. The van der Waals surface area contributed by atoms with Crippen molar-refractivity contribution in [2.45, 2.75) is 71.3 Å². The quantitative estimate of drug-likeness (QED) is 0.638. The smallest absolute Gasteiger partial charge is 0.0596 e. The molecule has 6 rings (SSSR count). The Labute approximate surface area is 162 Å². The van der Waals surface area contributed by atoms with Crippen molar-refractivity contribution in [1.29, 1.82) is 0 Å². The number of hydrogen-bond acceptors (Lipinski definition) is 1. The van der Waals surface area contributed by atoms with Crippen LogP contribution in [0, 0.1) is 34.5 Å². The highest BCUT2D eigenvalue weighted by Crippen LogP contribution is 2.65. The van der Waals surface area contributed by atoms with Crippen LogP contribution < -0.4 is 0 Å². The van der Waals surface area contributed by atoms with E-state index in [9.17, 15) is 5.11 Å². The van der Waals surface area contributed by atoms with Crippen LogP contribution in [-0.2, 0) is 12.8 Å². The van der Waals surface area contributed by atoms with Crippen molar-refractivity contribution in [3.63, 3.8) is 0 Å². The summed E-state index contributed by atoms with van der Waals surface area (Å²) in [4.78, 5) is 3.75. The average Bonchev–Trinajstić information content (AvgIpc) is 3.16. The Kier molecular flexibility index (Phi) is 3.33. The average molecular weight is 364 g/mol. The number of aliphatic hydroxyl groups is 1. The predicted octanol–water partition coefficient (Wildman–Crippen LogP) is 5.49. The summed E-state index contributed by atoms with van der Waals surface area (Å²) in [6.07, 6.45) is 10.1. The number of fused-ring (bicyclic) bond motifs is 8. The number of nitrogens with one attached hydrogen (secondary N) is 1. The summed E-state index contributed by atoms with van der Waals surface area (Å²) >= 11 is 0. The van der Waals surface area contributed by atoms with E-state index in [-0.39, 0.29) is 11.5 Å². The van der Waals surface area contributed by atoms with E-state index in [2.05, 4.69) is 43.1 Å². The van der Waals surface area contributed by atoms with E-state index >= 15 is 0 Å². The van der Waals surface area contributed by atoms with Gasteiger partial charge >= 0.3 is 0 Å². The zero-order chi connectivity index (χ0) is 18.4. The molecule has 3 saturated carbocycles. The van der Waals surface area contributed by atoms with Gasteiger partial charge in [0, 0.05) is 16.6 Å². The molecule has 144 valence electrons. The summed E-state index contributed by atoms with van der Waals surface area (Å²) < 4.78 is 0. The fraction of sp³-hybridized carbons (Fsp3) is 0.680. The topological polar surface area (TPSA) is 36.0 Å². The van der Waals surface area contributed by atoms with Crippen LogP contribution in [0.4, 0.5) is 0 Å². The van der Waals surface area contributed by atoms with Gasteiger partial charge in [0.05, 0.1) is 6.10 Å². The Hall–Kier alpha value is -1.28. The van der Waals surface area contributed by atoms with Gasteiger partial charge in [0.1, 0.15) is 0 Å². The van der Waals surface area contributed by atoms with Crippen molar-refractivity contribution >= 4 is 10.9 Å². The molecule has 27 heavy (non-hydrogen) atoms. The van der Waals surface area contributed by atoms with Gasteiger partial charge < -0.3 is 10.1 Å². The maximum atomic E-state index is 10.7. The summed E-state index contributed by atoms with van der Waals surface area (Å²) in [5.74, 6) is 3.28. The van der Waals surface area contributed by atoms with Crippen LogP contribution in [-0.4, -0.2) is 16.2 Å². The SMILES string of the molecule is C[C@]12Cc3c([nH]c4ccccc34)C[C@@H]1CC[C@@H]1[C@@H]2CC[C@]2(C)[C@@H](O)CC[C@@H]12. The highest BCUT2D eigenvalue weighted by atomic mass is 16.3. The number of H-pyrrole nitrogens is 1. The fourth-order valence-corrected chi connectivity index (χ4v) is 8.38. The van der Waals surface area contributed by atoms with Gasteiger partial charge in [-0.05, 0) is 97.5 Å². The second-order valence-corrected chi connectivity index (χ2v) is 10.8. The van der Waals surface area contributed by atoms with Crippen LogP contribution >= 0.6 is 0 Å². The second kappa shape index (κ2) is 5.41. The Bertz CT molecular complexity index is 899. The lowest BCUT2D eigenvalue weighted by Crippen LogP contribution is -2.54. The van der Waals surface area contributed by atoms with E-state index < -0.39 is 0 Å². The Morgan fingerprint density at radius 1 is 0.963 bits per heavy atom. The van der Waals surface area contributed by atoms with E-state index in [1.165, 1.54) is 61.5 Å². The number of rotatable bonds is 0. The van der Waals surface area contributed by atoms with E-state index in [0.717, 1.165) is 30.1 Å². The van der Waals surface area contributed by atoms with Crippen molar-refractivity contribution in [2.24, 2.45) is 34.5 Å². The lowest BCUT2D eigenvalue weighted by Gasteiger charge is -2.60. The maximum Gasteiger partial charge on any atom is 0.0596 e. The predicted molar refractivity (Wildman–Crippen MR) is 110 cm³/mol. The number of aliphatic hydroxyl groups excluding tert-OH is 1. The third-order valence-corrected chi connectivity index (χ3v) is 9.93. The molecule has 2 heteroatoms. The van der Waals surface area contributed by atoms with E-state index in [1.54, 1.807) is 5.56 Å². The van der Waals surface area contributed by atoms with Gasteiger partial charge in [-0.2, -0.15) is 0 Å². The van der Waals surface area contributed by atoms with Gasteiger partial charge in [0.15, 0.2) is 0 Å². The minimum Gasteiger partial charge on any atom is -0.393 e. The molecule has 3 fully saturated rings. The van der Waals surface area contributed by atoms with Crippen molar-refractivity contribution in [3.05, 3.63) is 35.5 Å². The first kappa shape index (κ1) is 16.7. The molecule has 0 bridgehead atoms. The molecule has 0 aliphatic heterocycles. The summed E-state index contributed by atoms with van der Waals surface area (Å²) in [5.41, 5.74) is 5.11. The molecule has 0 amide bonds. The largest absolute Gasteiger partial charge is 0.393 e. The van der Waals surface area contributed by atoms with Gasteiger partial charge in [-0.1, -0.05) is 32.0 Å². The van der Waals surface area contributed by atoms with Crippen LogP contribution in [0.1, 0.15) is 63.6 Å². The van der Waals surface area contributed by atoms with Gasteiger partial charge in [0.25, 0.3) is 0 Å². The summed E-state index contributed by atoms with van der Waals surface area (Å²) in [6.45, 7) is 5.03. The normalized spacial score (nSPS) is 45.8. The van der Waals surface area contributed by atoms with Crippen molar-refractivity contribution < 1.29 is 5.11 Å². The number of aromatic amines is 1. The van der Waals surface area contributed by atoms with Gasteiger partial charge in [-0.15, -0.1) is 0 Å². The first-order valence-corrected chi connectivity index (χ1v) is 11.3. The molecule has 4 aliphatic carbocycles. The minimum absolute atomic E-state index is 0.0550. The van der Waals surface area contributed by atoms with Crippen molar-refractivity contribution in [1.82, 2.24) is 4.98 Å². The minimum atomic E-state index is -0.0550. The molecule has 2 aromatic rings. The van der Waals surface area contributed by atoms with Crippen molar-refractivity contribution in [2.75, 3.05) is 0 Å².